The normalized spacial score (nSPS) is 10.6. The van der Waals surface area contributed by atoms with Crippen LogP contribution in [-0.2, 0) is 28.4 Å². The van der Waals surface area contributed by atoms with E-state index in [4.69, 9.17) is 0 Å². The summed E-state index contributed by atoms with van der Waals surface area (Å²) in [7, 11) is -1.60. The lowest BCUT2D eigenvalue weighted by Crippen LogP contribution is -2.14. The molecule has 0 aliphatic heterocycles. The van der Waals surface area contributed by atoms with Crippen molar-refractivity contribution in [2.45, 2.75) is 13.8 Å². The van der Waals surface area contributed by atoms with E-state index in [2.05, 4.69) is 23.7 Å². The third-order valence-electron chi connectivity index (χ3n) is 0.815. The quantitative estimate of drug-likeness (QED) is 0.509. The molecule has 0 aromatic rings. The van der Waals surface area contributed by atoms with Gasteiger partial charge in [0.05, 0.1) is 27.4 Å². The zero-order valence-corrected chi connectivity index (χ0v) is 9.59. The second kappa shape index (κ2) is 10.8. The van der Waals surface area contributed by atoms with Crippen LogP contribution in [-0.4, -0.2) is 35.9 Å². The molecule has 0 heterocycles. The van der Waals surface area contributed by atoms with Gasteiger partial charge in [0.25, 0.3) is 0 Å². The van der Waals surface area contributed by atoms with E-state index in [1.165, 1.54) is 0 Å². The third-order valence-corrected chi connectivity index (χ3v) is 1.63. The fourth-order valence-electron chi connectivity index (χ4n) is 0.228. The van der Waals surface area contributed by atoms with E-state index in [0.717, 1.165) is 14.2 Å². The van der Waals surface area contributed by atoms with Crippen molar-refractivity contribution >= 4 is 10.4 Å². The van der Waals surface area contributed by atoms with Gasteiger partial charge in [-0.25, -0.2) is 0 Å². The van der Waals surface area contributed by atoms with Crippen LogP contribution >= 0.6 is 0 Å². The number of nitrogens with one attached hydrogen (secondary N) is 1. The van der Waals surface area contributed by atoms with Gasteiger partial charge in [-0.3, -0.25) is 18.0 Å². The Morgan fingerprint density at radius 3 is 1.50 bits per heavy atom. The van der Waals surface area contributed by atoms with Crippen LogP contribution in [0.4, 0.5) is 0 Å². The molecule has 0 amide bonds. The van der Waals surface area contributed by atoms with Gasteiger partial charge >= 0.3 is 10.4 Å². The summed E-state index contributed by atoms with van der Waals surface area (Å²) in [4.78, 5) is 9.20. The minimum atomic E-state index is -3.66. The van der Waals surface area contributed by atoms with Crippen molar-refractivity contribution in [2.75, 3.05) is 27.4 Å². The molecule has 0 atom stereocenters. The van der Waals surface area contributed by atoms with Gasteiger partial charge in [-0.05, 0) is 13.8 Å². The first kappa shape index (κ1) is 16.2. The molecule has 0 saturated heterocycles. The molecule has 7 nitrogen and oxygen atoms in total. The molecular formula is C6H17NO6S. The van der Waals surface area contributed by atoms with Crippen molar-refractivity contribution in [3.63, 3.8) is 0 Å². The van der Waals surface area contributed by atoms with Crippen molar-refractivity contribution in [2.24, 2.45) is 0 Å². The molecule has 8 heteroatoms. The van der Waals surface area contributed by atoms with Crippen molar-refractivity contribution in [3.05, 3.63) is 0 Å². The number of hydrogen-bond acceptors (Lipinski definition) is 7. The van der Waals surface area contributed by atoms with Gasteiger partial charge in [0.2, 0.25) is 0 Å². The molecule has 0 aromatic carbocycles. The fraction of sp³-hybridized carbons (Fsp3) is 1.00. The molecule has 88 valence electrons. The predicted octanol–water partition coefficient (Wildman–Crippen LogP) is 0.00300. The minimum absolute atomic E-state index is 0.625. The van der Waals surface area contributed by atoms with E-state index < -0.39 is 10.4 Å². The second-order valence-electron chi connectivity index (χ2n) is 1.69. The standard InChI is InChI=1S/C4H11NO2.C2H6O4S/c1-3-6-5-7-4-2;1-5-7(3,4)6-2/h5H,3-4H2,1-2H3;1-2H3. The Labute approximate surface area is 84.5 Å². The first-order chi connectivity index (χ1) is 6.54. The lowest BCUT2D eigenvalue weighted by atomic mass is 10.9. The molecule has 14 heavy (non-hydrogen) atoms. The minimum Gasteiger partial charge on any atom is -0.277 e. The highest BCUT2D eigenvalue weighted by Crippen LogP contribution is 1.85. The summed E-state index contributed by atoms with van der Waals surface area (Å²) in [5.74, 6) is 0. The maximum Gasteiger partial charge on any atom is 0.399 e. The molecule has 0 aliphatic rings. The van der Waals surface area contributed by atoms with Crippen LogP contribution in [0.25, 0.3) is 0 Å². The number of rotatable bonds is 6. The van der Waals surface area contributed by atoms with Gasteiger partial charge < -0.3 is 0 Å². The Kier molecular flexibility index (Phi) is 12.5. The molecular weight excluding hydrogens is 214 g/mol. The summed E-state index contributed by atoms with van der Waals surface area (Å²) in [6.45, 7) is 5.01. The van der Waals surface area contributed by atoms with Crippen molar-refractivity contribution in [3.8, 4) is 0 Å². The smallest absolute Gasteiger partial charge is 0.277 e. The predicted molar refractivity (Wildman–Crippen MR) is 49.3 cm³/mol. The summed E-state index contributed by atoms with van der Waals surface area (Å²) in [6, 6.07) is 0. The maximum absolute atomic E-state index is 9.92. The average molecular weight is 231 g/mol. The molecule has 0 rings (SSSR count). The Bertz CT molecular complexity index is 178. The van der Waals surface area contributed by atoms with Gasteiger partial charge in [0.15, 0.2) is 0 Å². The highest BCUT2D eigenvalue weighted by atomic mass is 32.3. The van der Waals surface area contributed by atoms with Gasteiger partial charge in [0.1, 0.15) is 0 Å². The van der Waals surface area contributed by atoms with Crippen LogP contribution in [0, 0.1) is 0 Å². The van der Waals surface area contributed by atoms with Gasteiger partial charge in [-0.1, -0.05) is 5.64 Å². The fourth-order valence-corrected chi connectivity index (χ4v) is 0.364. The van der Waals surface area contributed by atoms with Gasteiger partial charge in [0, 0.05) is 0 Å². The lowest BCUT2D eigenvalue weighted by Gasteiger charge is -1.98. The molecule has 1 N–H and O–H groups in total. The van der Waals surface area contributed by atoms with Crippen molar-refractivity contribution in [1.82, 2.24) is 5.64 Å². The Balaban J connectivity index is 0. The Morgan fingerprint density at radius 2 is 1.36 bits per heavy atom. The van der Waals surface area contributed by atoms with Crippen LogP contribution in [0.3, 0.4) is 0 Å². The summed E-state index contributed by atoms with van der Waals surface area (Å²) < 4.78 is 27.5. The zero-order chi connectivity index (χ0) is 11.4. The molecule has 0 unspecified atom stereocenters. The molecule has 0 aromatic heterocycles. The van der Waals surface area contributed by atoms with E-state index in [1.807, 2.05) is 13.8 Å². The maximum atomic E-state index is 9.92. The van der Waals surface area contributed by atoms with E-state index in [1.54, 1.807) is 0 Å². The Hall–Kier alpha value is -0.250. The summed E-state index contributed by atoms with van der Waals surface area (Å²) >= 11 is 0. The van der Waals surface area contributed by atoms with Crippen LogP contribution < -0.4 is 5.64 Å². The largest absolute Gasteiger partial charge is 0.399 e. The van der Waals surface area contributed by atoms with Crippen molar-refractivity contribution < 1.29 is 26.5 Å². The third kappa shape index (κ3) is 14.3. The zero-order valence-electron chi connectivity index (χ0n) is 8.77. The van der Waals surface area contributed by atoms with E-state index in [0.29, 0.717) is 13.2 Å². The summed E-state index contributed by atoms with van der Waals surface area (Å²) in [5.41, 5.74) is 2.28. The molecule has 0 saturated carbocycles. The lowest BCUT2D eigenvalue weighted by molar-refractivity contribution is -0.163. The molecule has 0 aliphatic carbocycles. The van der Waals surface area contributed by atoms with Crippen LogP contribution in [0.1, 0.15) is 13.8 Å². The Morgan fingerprint density at radius 1 is 1.00 bits per heavy atom. The number of hydrogen-bond donors (Lipinski definition) is 1. The molecule has 0 radical (unpaired) electrons. The SMILES string of the molecule is CCONOCC.COS(=O)(=O)OC. The highest BCUT2D eigenvalue weighted by Gasteiger charge is 2.01. The molecule has 0 fully saturated rings. The van der Waals surface area contributed by atoms with E-state index in [-0.39, 0.29) is 0 Å². The van der Waals surface area contributed by atoms with Crippen LogP contribution in [0.15, 0.2) is 0 Å². The van der Waals surface area contributed by atoms with E-state index in [9.17, 15) is 8.42 Å². The van der Waals surface area contributed by atoms with E-state index >= 15 is 0 Å². The van der Waals surface area contributed by atoms with Gasteiger partial charge in [-0.2, -0.15) is 8.42 Å². The van der Waals surface area contributed by atoms with Crippen molar-refractivity contribution in [1.29, 1.82) is 0 Å². The molecule has 0 spiro atoms. The first-order valence-electron chi connectivity index (χ1n) is 3.88. The molecule has 0 bridgehead atoms. The second-order valence-corrected chi connectivity index (χ2v) is 3.17. The van der Waals surface area contributed by atoms with Crippen LogP contribution in [0.5, 0.6) is 0 Å². The topological polar surface area (TPSA) is 83.1 Å². The average Bonchev–Trinajstić information content (AvgIpc) is 2.20. The summed E-state index contributed by atoms with van der Waals surface area (Å²) in [5, 5.41) is 0. The highest BCUT2D eigenvalue weighted by molar-refractivity contribution is 7.81. The summed E-state index contributed by atoms with van der Waals surface area (Å²) in [6.07, 6.45) is 0. The first-order valence-corrected chi connectivity index (χ1v) is 5.22. The monoisotopic (exact) mass is 231 g/mol. The van der Waals surface area contributed by atoms with Gasteiger partial charge in [-0.15, -0.1) is 0 Å². The van der Waals surface area contributed by atoms with Crippen LogP contribution in [0.2, 0.25) is 0 Å².